The molecule has 40 heavy (non-hydrogen) atoms. The summed E-state index contributed by atoms with van der Waals surface area (Å²) in [6.45, 7) is 14.8. The number of allylic oxidation sites excluding steroid dienone is 3. The van der Waals surface area contributed by atoms with E-state index >= 15 is 0 Å². The van der Waals surface area contributed by atoms with Crippen LogP contribution in [-0.2, 0) is 16.9 Å². The molecule has 0 saturated heterocycles. The molecule has 3 fully saturated rings. The quantitative estimate of drug-likeness (QED) is 0.435. The van der Waals surface area contributed by atoms with Gasteiger partial charge >= 0.3 is 0 Å². The number of carbonyl (C=O) groups is 1. The van der Waals surface area contributed by atoms with Gasteiger partial charge in [-0.1, -0.05) is 65.3 Å². The fourth-order valence-corrected chi connectivity index (χ4v) is 10.7. The molecule has 0 amide bonds. The summed E-state index contributed by atoms with van der Waals surface area (Å²) in [5.41, 5.74) is -0.311. The van der Waals surface area contributed by atoms with Crippen LogP contribution in [0.4, 0.5) is 4.39 Å². The van der Waals surface area contributed by atoms with E-state index in [9.17, 15) is 19.6 Å². The van der Waals surface area contributed by atoms with Gasteiger partial charge in [-0.15, -0.1) is 0 Å². The largest absolute Gasteiger partial charge is 0.387 e. The maximum Gasteiger partial charge on any atom is 0.258 e. The number of aromatic nitrogens is 2. The number of ketones is 1. The zero-order chi connectivity index (χ0) is 29.1. The second-order valence-electron chi connectivity index (χ2n) is 15.8. The lowest BCUT2D eigenvalue weighted by Gasteiger charge is -2.69. The molecule has 1 unspecified atom stereocenters. The van der Waals surface area contributed by atoms with E-state index in [-0.39, 0.29) is 45.7 Å². The molecule has 1 aromatic heterocycles. The van der Waals surface area contributed by atoms with Crippen molar-refractivity contribution in [2.75, 3.05) is 0 Å². The van der Waals surface area contributed by atoms with Crippen molar-refractivity contribution in [1.29, 1.82) is 5.26 Å². The number of alkyl halides is 1. The van der Waals surface area contributed by atoms with Crippen LogP contribution in [0, 0.1) is 56.2 Å². The van der Waals surface area contributed by atoms with Crippen molar-refractivity contribution in [3.05, 3.63) is 35.0 Å². The molecule has 216 valence electrons. The molecule has 0 radical (unpaired) electrons. The average Bonchev–Trinajstić information content (AvgIpc) is 3.37. The Bertz CT molecular complexity index is 1370. The molecular weight excluding hydrogens is 505 g/mol. The minimum absolute atomic E-state index is 0.0128. The van der Waals surface area contributed by atoms with Gasteiger partial charge in [-0.3, -0.25) is 4.79 Å². The summed E-state index contributed by atoms with van der Waals surface area (Å²) in [5, 5.41) is 25.4. The normalized spacial score (nSPS) is 45.1. The molecule has 1 heterocycles. The second kappa shape index (κ2) is 8.37. The number of nitrogens with zero attached hydrogens (tertiary/aromatic N) is 3. The SMILES string of the molecule is CC1(C)CC[C@]2(c3noc(CF)n3)CC[C@]3(C)[C@H](C(=O)C=C4[C@@]5(C)C=C(C#N)C(O)C(C)(C)[C@@H]5CC[C@]43C)[C@@H]2C1. The van der Waals surface area contributed by atoms with Crippen LogP contribution in [0.5, 0.6) is 0 Å². The number of aliphatic hydroxyl groups is 1. The highest BCUT2D eigenvalue weighted by Gasteiger charge is 2.70. The van der Waals surface area contributed by atoms with Crippen LogP contribution in [0.25, 0.3) is 0 Å². The van der Waals surface area contributed by atoms with Crippen LogP contribution in [0.3, 0.4) is 0 Å². The van der Waals surface area contributed by atoms with Crippen molar-refractivity contribution in [2.24, 2.45) is 44.8 Å². The first-order valence-electron chi connectivity index (χ1n) is 15.1. The zero-order valence-corrected chi connectivity index (χ0v) is 25.1. The molecule has 1 aromatic rings. The molecule has 3 saturated carbocycles. The van der Waals surface area contributed by atoms with Crippen LogP contribution in [0.2, 0.25) is 0 Å². The van der Waals surface area contributed by atoms with Crippen LogP contribution in [0.15, 0.2) is 27.8 Å². The molecule has 6 nitrogen and oxygen atoms in total. The van der Waals surface area contributed by atoms with Crippen LogP contribution < -0.4 is 0 Å². The fraction of sp³-hybridized carbons (Fsp3) is 0.758. The van der Waals surface area contributed by atoms with Gasteiger partial charge in [0.05, 0.1) is 17.7 Å². The first-order valence-corrected chi connectivity index (χ1v) is 15.1. The molecule has 5 aliphatic rings. The topological polar surface area (TPSA) is 100 Å². The predicted octanol–water partition coefficient (Wildman–Crippen LogP) is 6.80. The number of nitriles is 1. The van der Waals surface area contributed by atoms with Gasteiger partial charge < -0.3 is 9.63 Å². The van der Waals surface area contributed by atoms with Crippen molar-refractivity contribution >= 4 is 5.78 Å². The minimum atomic E-state index is -0.813. The lowest BCUT2D eigenvalue weighted by Crippen LogP contribution is -2.65. The summed E-state index contributed by atoms with van der Waals surface area (Å²) in [6, 6.07) is 2.28. The van der Waals surface area contributed by atoms with Crippen molar-refractivity contribution < 1.29 is 18.8 Å². The van der Waals surface area contributed by atoms with Crippen LogP contribution >= 0.6 is 0 Å². The standard InChI is InChI=1S/C33H44FN3O3/c1-28(2)10-12-33(27-36-24(17-34)40-37-27)13-11-32(7)25(20(33)16-28)21(38)14-23-30(5)15-19(18-35)26(39)29(3,4)22(30)8-9-31(23,32)6/h14-15,20,22,25-26,39H,8-13,16-17H2,1-7H3/t20-,22-,25-,26?,30-,31+,32+,33-/m0/s1. The van der Waals surface area contributed by atoms with Gasteiger partial charge in [-0.2, -0.15) is 10.2 Å². The van der Waals surface area contributed by atoms with Crippen LogP contribution in [0.1, 0.15) is 105 Å². The zero-order valence-electron chi connectivity index (χ0n) is 25.1. The number of halogens is 1. The average molecular weight is 550 g/mol. The molecule has 8 atom stereocenters. The summed E-state index contributed by atoms with van der Waals surface area (Å²) in [6.07, 6.45) is 9.40. The van der Waals surface area contributed by atoms with Gasteiger partial charge in [0.25, 0.3) is 5.89 Å². The number of fused-ring (bicyclic) bond motifs is 7. The third-order valence-electron chi connectivity index (χ3n) is 13.1. The third kappa shape index (κ3) is 3.32. The Morgan fingerprint density at radius 3 is 2.45 bits per heavy atom. The van der Waals surface area contributed by atoms with Gasteiger partial charge in [0.15, 0.2) is 18.3 Å². The Balaban J connectivity index is 1.52. The maximum atomic E-state index is 14.6. The highest BCUT2D eigenvalue weighted by Crippen LogP contribution is 2.74. The Morgan fingerprint density at radius 2 is 1.80 bits per heavy atom. The summed E-state index contributed by atoms with van der Waals surface area (Å²) in [5.74, 6) is 0.698. The molecule has 5 aliphatic carbocycles. The summed E-state index contributed by atoms with van der Waals surface area (Å²) < 4.78 is 18.8. The van der Waals surface area contributed by atoms with Gasteiger partial charge in [-0.05, 0) is 84.5 Å². The number of carbonyl (C=O) groups excluding carboxylic acids is 1. The smallest absolute Gasteiger partial charge is 0.258 e. The Hall–Kier alpha value is -2.33. The Labute approximate surface area is 237 Å². The highest BCUT2D eigenvalue weighted by molar-refractivity contribution is 5.95. The number of hydrogen-bond donors (Lipinski definition) is 1. The van der Waals surface area contributed by atoms with Gasteiger partial charge in [0.2, 0.25) is 0 Å². The molecule has 0 bridgehead atoms. The first kappa shape index (κ1) is 27.8. The van der Waals surface area contributed by atoms with Crippen molar-refractivity contribution in [1.82, 2.24) is 10.1 Å². The molecule has 7 heteroatoms. The van der Waals surface area contributed by atoms with Crippen molar-refractivity contribution in [2.45, 2.75) is 112 Å². The maximum absolute atomic E-state index is 14.6. The number of aliphatic hydroxyl groups excluding tert-OH is 1. The minimum Gasteiger partial charge on any atom is -0.387 e. The van der Waals surface area contributed by atoms with Crippen LogP contribution in [-0.4, -0.2) is 27.1 Å². The Kier molecular flexibility index (Phi) is 5.82. The third-order valence-corrected chi connectivity index (χ3v) is 13.1. The van der Waals surface area contributed by atoms with Gasteiger partial charge in [0.1, 0.15) is 0 Å². The first-order chi connectivity index (χ1) is 18.6. The van der Waals surface area contributed by atoms with Gasteiger partial charge in [-0.25, -0.2) is 4.39 Å². The van der Waals surface area contributed by atoms with E-state index in [1.54, 1.807) is 0 Å². The highest BCUT2D eigenvalue weighted by atomic mass is 19.1. The van der Waals surface area contributed by atoms with E-state index in [1.165, 1.54) is 0 Å². The fourth-order valence-electron chi connectivity index (χ4n) is 10.7. The van der Waals surface area contributed by atoms with E-state index in [4.69, 9.17) is 4.52 Å². The summed E-state index contributed by atoms with van der Waals surface area (Å²) in [7, 11) is 0. The summed E-state index contributed by atoms with van der Waals surface area (Å²) in [4.78, 5) is 19.1. The molecule has 6 rings (SSSR count). The van der Waals surface area contributed by atoms with E-state index < -0.39 is 29.0 Å². The predicted molar refractivity (Wildman–Crippen MR) is 148 cm³/mol. The summed E-state index contributed by atoms with van der Waals surface area (Å²) >= 11 is 0. The molecule has 0 spiro atoms. The van der Waals surface area contributed by atoms with E-state index in [0.29, 0.717) is 11.4 Å². The molecule has 0 aliphatic heterocycles. The van der Waals surface area contributed by atoms with E-state index in [0.717, 1.165) is 50.5 Å². The Morgan fingerprint density at radius 1 is 1.10 bits per heavy atom. The molecule has 1 N–H and O–H groups in total. The second-order valence-corrected chi connectivity index (χ2v) is 15.8. The van der Waals surface area contributed by atoms with Crippen molar-refractivity contribution in [3.63, 3.8) is 0 Å². The van der Waals surface area contributed by atoms with E-state index in [1.807, 2.05) is 12.2 Å². The van der Waals surface area contributed by atoms with Gasteiger partial charge in [0, 0.05) is 16.7 Å². The monoisotopic (exact) mass is 549 g/mol. The molecule has 0 aromatic carbocycles. The number of hydrogen-bond acceptors (Lipinski definition) is 6. The van der Waals surface area contributed by atoms with Crippen molar-refractivity contribution in [3.8, 4) is 6.07 Å². The molecular formula is C33H44FN3O3. The lowest BCUT2D eigenvalue weighted by atomic mass is 9.34. The number of rotatable bonds is 2. The van der Waals surface area contributed by atoms with E-state index in [2.05, 4.69) is 64.7 Å². The lowest BCUT2D eigenvalue weighted by molar-refractivity contribution is -0.161.